The Hall–Kier alpha value is -1.51. The van der Waals surface area contributed by atoms with Crippen molar-refractivity contribution in [3.05, 3.63) is 24.3 Å². The van der Waals surface area contributed by atoms with E-state index in [0.717, 1.165) is 17.9 Å². The molecule has 3 nitrogen and oxygen atoms in total. The van der Waals surface area contributed by atoms with Gasteiger partial charge in [-0.05, 0) is 37.6 Å². The van der Waals surface area contributed by atoms with E-state index in [1.54, 1.807) is 6.92 Å². The van der Waals surface area contributed by atoms with E-state index in [4.69, 9.17) is 4.74 Å². The van der Waals surface area contributed by atoms with Gasteiger partial charge in [0.25, 0.3) is 0 Å². The van der Waals surface area contributed by atoms with E-state index in [1.807, 2.05) is 31.3 Å². The van der Waals surface area contributed by atoms with Gasteiger partial charge >= 0.3 is 0 Å². The number of ether oxygens (including phenoxy) is 1. The molecule has 1 aromatic carbocycles. The molecule has 0 heterocycles. The summed E-state index contributed by atoms with van der Waals surface area (Å²) in [7, 11) is 1.88. The second-order valence-electron chi connectivity index (χ2n) is 3.43. The van der Waals surface area contributed by atoms with Gasteiger partial charge in [-0.25, -0.2) is 0 Å². The SMILES string of the molecule is CNc1ccc(OCCCC(C)=O)cc1. The Morgan fingerprint density at radius 2 is 2.00 bits per heavy atom. The molecule has 3 heteroatoms. The highest BCUT2D eigenvalue weighted by Crippen LogP contribution is 2.15. The number of carbonyl (C=O) groups excluding carboxylic acids is 1. The van der Waals surface area contributed by atoms with Crippen molar-refractivity contribution in [3.63, 3.8) is 0 Å². The summed E-state index contributed by atoms with van der Waals surface area (Å²) in [5.74, 6) is 1.06. The fourth-order valence-electron chi connectivity index (χ4n) is 1.23. The summed E-state index contributed by atoms with van der Waals surface area (Å²) >= 11 is 0. The zero-order valence-corrected chi connectivity index (χ0v) is 9.25. The largest absolute Gasteiger partial charge is 0.494 e. The van der Waals surface area contributed by atoms with Gasteiger partial charge in [0, 0.05) is 19.2 Å². The maximum absolute atomic E-state index is 10.7. The molecule has 0 amide bonds. The molecule has 0 aliphatic carbocycles. The summed E-state index contributed by atoms with van der Waals surface area (Å²) in [5.41, 5.74) is 1.06. The van der Waals surface area contributed by atoms with Crippen LogP contribution < -0.4 is 10.1 Å². The van der Waals surface area contributed by atoms with Crippen LogP contribution in [0, 0.1) is 0 Å². The number of hydrogen-bond acceptors (Lipinski definition) is 3. The minimum Gasteiger partial charge on any atom is -0.494 e. The van der Waals surface area contributed by atoms with Crippen molar-refractivity contribution in [2.75, 3.05) is 19.0 Å². The molecule has 0 spiro atoms. The molecule has 0 radical (unpaired) electrons. The molecule has 1 N–H and O–H groups in total. The maximum Gasteiger partial charge on any atom is 0.129 e. The monoisotopic (exact) mass is 207 g/mol. The van der Waals surface area contributed by atoms with Gasteiger partial charge in [-0.2, -0.15) is 0 Å². The van der Waals surface area contributed by atoms with Crippen molar-refractivity contribution in [3.8, 4) is 5.75 Å². The van der Waals surface area contributed by atoms with Gasteiger partial charge in [-0.15, -0.1) is 0 Å². The van der Waals surface area contributed by atoms with E-state index in [1.165, 1.54) is 0 Å². The molecule has 1 rings (SSSR count). The number of benzene rings is 1. The Balaban J connectivity index is 2.28. The second-order valence-corrected chi connectivity index (χ2v) is 3.43. The molecule has 0 aromatic heterocycles. The van der Waals surface area contributed by atoms with Crippen LogP contribution in [0.1, 0.15) is 19.8 Å². The summed E-state index contributed by atoms with van der Waals surface area (Å²) in [4.78, 5) is 10.7. The molecular weight excluding hydrogens is 190 g/mol. The molecule has 0 fully saturated rings. The number of carbonyl (C=O) groups is 1. The summed E-state index contributed by atoms with van der Waals surface area (Å²) in [5, 5.41) is 3.04. The number of ketones is 1. The lowest BCUT2D eigenvalue weighted by Gasteiger charge is -2.06. The van der Waals surface area contributed by atoms with E-state index in [-0.39, 0.29) is 5.78 Å². The van der Waals surface area contributed by atoms with Crippen LogP contribution >= 0.6 is 0 Å². The maximum atomic E-state index is 10.7. The normalized spacial score (nSPS) is 9.73. The smallest absolute Gasteiger partial charge is 0.129 e. The van der Waals surface area contributed by atoms with Crippen molar-refractivity contribution in [1.82, 2.24) is 0 Å². The number of anilines is 1. The number of hydrogen-bond donors (Lipinski definition) is 1. The highest BCUT2D eigenvalue weighted by atomic mass is 16.5. The Morgan fingerprint density at radius 3 is 2.53 bits per heavy atom. The van der Waals surface area contributed by atoms with Crippen molar-refractivity contribution >= 4 is 11.5 Å². The minimum atomic E-state index is 0.212. The van der Waals surface area contributed by atoms with E-state index in [2.05, 4.69) is 5.32 Å². The van der Waals surface area contributed by atoms with Gasteiger partial charge in [0.2, 0.25) is 0 Å². The van der Waals surface area contributed by atoms with E-state index >= 15 is 0 Å². The highest BCUT2D eigenvalue weighted by molar-refractivity contribution is 5.75. The standard InChI is InChI=1S/C12H17NO2/c1-10(14)4-3-9-15-12-7-5-11(13-2)6-8-12/h5-8,13H,3-4,9H2,1-2H3. The van der Waals surface area contributed by atoms with Crippen LogP contribution in [0.5, 0.6) is 5.75 Å². The second kappa shape index (κ2) is 6.06. The summed E-state index contributed by atoms with van der Waals surface area (Å²) in [6.45, 7) is 2.19. The Kier molecular flexibility index (Phi) is 4.68. The van der Waals surface area contributed by atoms with Gasteiger partial charge in [-0.1, -0.05) is 0 Å². The Morgan fingerprint density at radius 1 is 1.33 bits per heavy atom. The fraction of sp³-hybridized carbons (Fsp3) is 0.417. The molecule has 0 atom stereocenters. The average Bonchev–Trinajstić information content (AvgIpc) is 2.25. The minimum absolute atomic E-state index is 0.212. The molecule has 15 heavy (non-hydrogen) atoms. The van der Waals surface area contributed by atoms with Crippen LogP contribution in [-0.2, 0) is 4.79 Å². The van der Waals surface area contributed by atoms with Crippen LogP contribution in [0.4, 0.5) is 5.69 Å². The molecule has 0 bridgehead atoms. The first kappa shape index (κ1) is 11.6. The van der Waals surface area contributed by atoms with E-state index in [9.17, 15) is 4.79 Å². The van der Waals surface area contributed by atoms with Crippen molar-refractivity contribution in [1.29, 1.82) is 0 Å². The topological polar surface area (TPSA) is 38.3 Å². The summed E-state index contributed by atoms with van der Waals surface area (Å²) < 4.78 is 5.48. The van der Waals surface area contributed by atoms with Crippen molar-refractivity contribution < 1.29 is 9.53 Å². The highest BCUT2D eigenvalue weighted by Gasteiger charge is 1.96. The summed E-state index contributed by atoms with van der Waals surface area (Å²) in [6.07, 6.45) is 1.37. The van der Waals surface area contributed by atoms with Crippen LogP contribution in [0.15, 0.2) is 24.3 Å². The molecule has 0 unspecified atom stereocenters. The molecule has 0 aliphatic heterocycles. The molecule has 0 saturated carbocycles. The first-order valence-corrected chi connectivity index (χ1v) is 5.12. The average molecular weight is 207 g/mol. The molecule has 0 aliphatic rings. The van der Waals surface area contributed by atoms with Gasteiger partial charge in [-0.3, -0.25) is 0 Å². The lowest BCUT2D eigenvalue weighted by Crippen LogP contribution is -2.00. The van der Waals surface area contributed by atoms with Gasteiger partial charge < -0.3 is 14.8 Å². The van der Waals surface area contributed by atoms with E-state index in [0.29, 0.717) is 13.0 Å². The number of rotatable bonds is 6. The lowest BCUT2D eigenvalue weighted by molar-refractivity contribution is -0.117. The zero-order valence-electron chi connectivity index (χ0n) is 9.25. The predicted octanol–water partition coefficient (Wildman–Crippen LogP) is 2.48. The molecule has 0 saturated heterocycles. The molecular formula is C12H17NO2. The number of nitrogens with one attached hydrogen (secondary N) is 1. The van der Waals surface area contributed by atoms with Gasteiger partial charge in [0.15, 0.2) is 0 Å². The fourth-order valence-corrected chi connectivity index (χ4v) is 1.23. The van der Waals surface area contributed by atoms with Crippen LogP contribution in [0.2, 0.25) is 0 Å². The quantitative estimate of drug-likeness (QED) is 0.728. The van der Waals surface area contributed by atoms with Crippen LogP contribution in [0.3, 0.4) is 0 Å². The third kappa shape index (κ3) is 4.49. The Labute approximate surface area is 90.4 Å². The van der Waals surface area contributed by atoms with Crippen molar-refractivity contribution in [2.45, 2.75) is 19.8 Å². The van der Waals surface area contributed by atoms with Crippen molar-refractivity contribution in [2.24, 2.45) is 0 Å². The first-order valence-electron chi connectivity index (χ1n) is 5.12. The predicted molar refractivity (Wildman–Crippen MR) is 61.4 cm³/mol. The zero-order chi connectivity index (χ0) is 11.1. The third-order valence-corrected chi connectivity index (χ3v) is 2.08. The van der Waals surface area contributed by atoms with Gasteiger partial charge in [0.05, 0.1) is 6.61 Å². The molecule has 82 valence electrons. The first-order chi connectivity index (χ1) is 7.22. The van der Waals surface area contributed by atoms with Crippen LogP contribution in [-0.4, -0.2) is 19.4 Å². The Bertz CT molecular complexity index is 306. The molecule has 1 aromatic rings. The van der Waals surface area contributed by atoms with Crippen LogP contribution in [0.25, 0.3) is 0 Å². The number of Topliss-reactive ketones (excluding diaryl/α,β-unsaturated/α-hetero) is 1. The van der Waals surface area contributed by atoms with E-state index < -0.39 is 0 Å². The third-order valence-electron chi connectivity index (χ3n) is 2.08. The lowest BCUT2D eigenvalue weighted by atomic mass is 10.2. The van der Waals surface area contributed by atoms with Gasteiger partial charge in [0.1, 0.15) is 11.5 Å². The summed E-state index contributed by atoms with van der Waals surface area (Å²) in [6, 6.07) is 7.75.